The molecule has 1 atom stereocenters. The topological polar surface area (TPSA) is 80.3 Å². The number of benzene rings is 1. The first kappa shape index (κ1) is 17.4. The molecule has 0 aliphatic carbocycles. The fourth-order valence-electron chi connectivity index (χ4n) is 2.14. The lowest BCUT2D eigenvalue weighted by molar-refractivity contribution is -0.145. The molecular formula is C17H18FN3O3. The number of nitrogens with zero attached hydrogens (tertiary/aromatic N) is 1. The van der Waals surface area contributed by atoms with Crippen molar-refractivity contribution < 1.29 is 18.7 Å². The van der Waals surface area contributed by atoms with Crippen molar-refractivity contribution in [3.8, 4) is 0 Å². The van der Waals surface area contributed by atoms with Gasteiger partial charge in [0.25, 0.3) is 0 Å². The van der Waals surface area contributed by atoms with Crippen molar-refractivity contribution in [3.63, 3.8) is 0 Å². The molecule has 126 valence electrons. The van der Waals surface area contributed by atoms with Crippen LogP contribution in [0.15, 0.2) is 48.8 Å². The number of amides is 2. The molecule has 2 rings (SSSR count). The van der Waals surface area contributed by atoms with Crippen molar-refractivity contribution in [2.45, 2.75) is 6.42 Å². The maximum absolute atomic E-state index is 12.9. The summed E-state index contributed by atoms with van der Waals surface area (Å²) >= 11 is 0. The Kier molecular flexibility index (Phi) is 6.24. The lowest BCUT2D eigenvalue weighted by Crippen LogP contribution is -2.37. The van der Waals surface area contributed by atoms with Crippen LogP contribution in [0.25, 0.3) is 0 Å². The number of nitrogens with one attached hydrogen (secondary N) is 2. The highest BCUT2D eigenvalue weighted by molar-refractivity contribution is 5.89. The molecule has 0 fully saturated rings. The molecule has 1 heterocycles. The van der Waals surface area contributed by atoms with E-state index in [9.17, 15) is 14.0 Å². The molecule has 0 spiro atoms. The molecule has 6 nitrogen and oxygen atoms in total. The molecule has 0 saturated carbocycles. The van der Waals surface area contributed by atoms with Crippen LogP contribution in [0.3, 0.4) is 0 Å². The minimum Gasteiger partial charge on any atom is -0.469 e. The number of hydrogen-bond acceptors (Lipinski definition) is 4. The molecule has 0 aliphatic rings. The Hall–Kier alpha value is -2.96. The number of pyridine rings is 1. The zero-order valence-corrected chi connectivity index (χ0v) is 13.2. The fourth-order valence-corrected chi connectivity index (χ4v) is 2.14. The predicted octanol–water partition coefficient (Wildman–Crippen LogP) is 2.37. The molecule has 2 amide bonds. The fraction of sp³-hybridized carbons (Fsp3) is 0.235. The van der Waals surface area contributed by atoms with Crippen molar-refractivity contribution in [3.05, 3.63) is 60.2 Å². The van der Waals surface area contributed by atoms with E-state index in [2.05, 4.69) is 15.6 Å². The predicted molar refractivity (Wildman–Crippen MR) is 86.9 cm³/mol. The average molecular weight is 331 g/mol. The van der Waals surface area contributed by atoms with Crippen LogP contribution in [0, 0.1) is 11.7 Å². The van der Waals surface area contributed by atoms with Crippen molar-refractivity contribution in [1.29, 1.82) is 0 Å². The highest BCUT2D eigenvalue weighted by Crippen LogP contribution is 2.11. The van der Waals surface area contributed by atoms with Crippen LogP contribution in [0.2, 0.25) is 0 Å². The zero-order chi connectivity index (χ0) is 17.4. The molecule has 1 aromatic heterocycles. The van der Waals surface area contributed by atoms with Crippen LogP contribution in [-0.4, -0.2) is 30.6 Å². The normalized spacial score (nSPS) is 11.4. The van der Waals surface area contributed by atoms with E-state index >= 15 is 0 Å². The largest absolute Gasteiger partial charge is 0.469 e. The van der Waals surface area contributed by atoms with Crippen LogP contribution < -0.4 is 10.6 Å². The van der Waals surface area contributed by atoms with E-state index < -0.39 is 17.9 Å². The van der Waals surface area contributed by atoms with Crippen molar-refractivity contribution in [1.82, 2.24) is 10.3 Å². The minimum absolute atomic E-state index is 0.0934. The van der Waals surface area contributed by atoms with Gasteiger partial charge in [-0.3, -0.25) is 9.78 Å². The summed E-state index contributed by atoms with van der Waals surface area (Å²) in [5, 5.41) is 5.24. The van der Waals surface area contributed by atoms with E-state index in [1.807, 2.05) is 0 Å². The monoisotopic (exact) mass is 331 g/mol. The van der Waals surface area contributed by atoms with E-state index in [1.54, 1.807) is 30.5 Å². The van der Waals surface area contributed by atoms with E-state index in [0.717, 1.165) is 5.56 Å². The second-order valence-electron chi connectivity index (χ2n) is 5.13. The Morgan fingerprint density at radius 2 is 2.00 bits per heavy atom. The smallest absolute Gasteiger partial charge is 0.319 e. The van der Waals surface area contributed by atoms with Crippen molar-refractivity contribution >= 4 is 17.7 Å². The van der Waals surface area contributed by atoms with Crippen LogP contribution in [-0.2, 0) is 16.0 Å². The number of urea groups is 1. The third-order valence-electron chi connectivity index (χ3n) is 3.36. The van der Waals surface area contributed by atoms with E-state index in [0.29, 0.717) is 12.1 Å². The number of carbonyl (C=O) groups is 2. The van der Waals surface area contributed by atoms with Gasteiger partial charge < -0.3 is 15.4 Å². The van der Waals surface area contributed by atoms with E-state index in [1.165, 1.54) is 25.4 Å². The third-order valence-corrected chi connectivity index (χ3v) is 3.36. The van der Waals surface area contributed by atoms with Gasteiger partial charge in [0.05, 0.1) is 24.9 Å². The van der Waals surface area contributed by atoms with Crippen LogP contribution in [0.5, 0.6) is 0 Å². The molecule has 0 radical (unpaired) electrons. The van der Waals surface area contributed by atoms with Crippen LogP contribution in [0.4, 0.5) is 14.9 Å². The maximum atomic E-state index is 12.9. The molecule has 1 aromatic carbocycles. The summed E-state index contributed by atoms with van der Waals surface area (Å²) in [5.41, 5.74) is 1.32. The number of rotatable bonds is 6. The number of halogens is 1. The second kappa shape index (κ2) is 8.61. The lowest BCUT2D eigenvalue weighted by Gasteiger charge is -2.16. The number of ether oxygens (including phenoxy) is 1. The SMILES string of the molecule is COC(=O)[C@H](CNC(=O)Nc1cccnc1)Cc1ccc(F)cc1. The number of esters is 1. The number of methoxy groups -OCH3 is 1. The lowest BCUT2D eigenvalue weighted by atomic mass is 9.99. The van der Waals surface area contributed by atoms with Gasteiger partial charge in [0.1, 0.15) is 5.82 Å². The van der Waals surface area contributed by atoms with Gasteiger partial charge in [0.2, 0.25) is 0 Å². The first-order chi connectivity index (χ1) is 11.6. The molecule has 24 heavy (non-hydrogen) atoms. The average Bonchev–Trinajstić information content (AvgIpc) is 2.60. The molecule has 2 aromatic rings. The number of anilines is 1. The van der Waals surface area contributed by atoms with Gasteiger partial charge in [-0.1, -0.05) is 12.1 Å². The summed E-state index contributed by atoms with van der Waals surface area (Å²) in [6.07, 6.45) is 3.44. The Labute approximate surface area is 139 Å². The maximum Gasteiger partial charge on any atom is 0.319 e. The zero-order valence-electron chi connectivity index (χ0n) is 13.2. The van der Waals surface area contributed by atoms with Gasteiger partial charge in [-0.25, -0.2) is 9.18 Å². The summed E-state index contributed by atoms with van der Waals surface area (Å²) < 4.78 is 17.7. The molecule has 0 aliphatic heterocycles. The molecule has 0 unspecified atom stereocenters. The number of hydrogen-bond donors (Lipinski definition) is 2. The standard InChI is InChI=1S/C17H18FN3O3/c1-24-16(22)13(9-12-4-6-14(18)7-5-12)10-20-17(23)21-15-3-2-8-19-11-15/h2-8,11,13H,9-10H2,1H3,(H2,20,21,23)/t13-/m0/s1. The Bertz CT molecular complexity index is 677. The molecule has 7 heteroatoms. The van der Waals surface area contributed by atoms with Crippen LogP contribution >= 0.6 is 0 Å². The highest BCUT2D eigenvalue weighted by Gasteiger charge is 2.20. The van der Waals surface area contributed by atoms with E-state index in [-0.39, 0.29) is 12.4 Å². The van der Waals surface area contributed by atoms with Gasteiger partial charge in [-0.2, -0.15) is 0 Å². The van der Waals surface area contributed by atoms with Crippen molar-refractivity contribution in [2.75, 3.05) is 19.0 Å². The summed E-state index contributed by atoms with van der Waals surface area (Å²) in [6, 6.07) is 8.79. The molecule has 0 saturated heterocycles. The van der Waals surface area contributed by atoms with Gasteiger partial charge in [0, 0.05) is 12.7 Å². The summed E-state index contributed by atoms with van der Waals surface area (Å²) in [7, 11) is 1.29. The number of carbonyl (C=O) groups excluding carboxylic acids is 2. The first-order valence-corrected chi connectivity index (χ1v) is 7.35. The first-order valence-electron chi connectivity index (χ1n) is 7.35. The van der Waals surface area contributed by atoms with Gasteiger partial charge in [-0.05, 0) is 36.2 Å². The minimum atomic E-state index is -0.569. The highest BCUT2D eigenvalue weighted by atomic mass is 19.1. The quantitative estimate of drug-likeness (QED) is 0.797. The molecule has 0 bridgehead atoms. The Balaban J connectivity index is 1.92. The molecule has 2 N–H and O–H groups in total. The van der Waals surface area contributed by atoms with Crippen LogP contribution in [0.1, 0.15) is 5.56 Å². The summed E-state index contributed by atoms with van der Waals surface area (Å²) in [6.45, 7) is 0.0934. The summed E-state index contributed by atoms with van der Waals surface area (Å²) in [4.78, 5) is 27.6. The van der Waals surface area contributed by atoms with Gasteiger partial charge in [0.15, 0.2) is 0 Å². The second-order valence-corrected chi connectivity index (χ2v) is 5.13. The summed E-state index contributed by atoms with van der Waals surface area (Å²) in [5.74, 6) is -1.36. The van der Waals surface area contributed by atoms with Crippen molar-refractivity contribution in [2.24, 2.45) is 5.92 Å². The van der Waals surface area contributed by atoms with E-state index in [4.69, 9.17) is 4.74 Å². The Morgan fingerprint density at radius 1 is 1.25 bits per heavy atom. The third kappa shape index (κ3) is 5.35. The number of aromatic nitrogens is 1. The molecular weight excluding hydrogens is 313 g/mol. The Morgan fingerprint density at radius 3 is 2.62 bits per heavy atom. The van der Waals surface area contributed by atoms with Gasteiger partial charge in [-0.15, -0.1) is 0 Å². The van der Waals surface area contributed by atoms with Gasteiger partial charge >= 0.3 is 12.0 Å².